The third-order valence-electron chi connectivity index (χ3n) is 4.63. The summed E-state index contributed by atoms with van der Waals surface area (Å²) < 4.78 is 57.2. The van der Waals surface area contributed by atoms with Gasteiger partial charge < -0.3 is 0 Å². The molecule has 0 aromatic carbocycles. The normalized spacial score (nSPS) is 17.5. The quantitative estimate of drug-likeness (QED) is 0.676. The van der Waals surface area contributed by atoms with E-state index in [0.717, 1.165) is 0 Å². The van der Waals surface area contributed by atoms with Crippen molar-refractivity contribution in [2.75, 3.05) is 26.2 Å². The monoisotopic (exact) mass is 416 g/mol. The van der Waals surface area contributed by atoms with Crippen LogP contribution in [-0.4, -0.2) is 71.2 Å². The summed E-state index contributed by atoms with van der Waals surface area (Å²) in [6.45, 7) is 6.13. The molecule has 3 rings (SSSR count). The van der Waals surface area contributed by atoms with E-state index in [1.54, 1.807) is 25.6 Å². The van der Waals surface area contributed by atoms with Crippen molar-refractivity contribution in [3.63, 3.8) is 0 Å². The van der Waals surface area contributed by atoms with Gasteiger partial charge in [0, 0.05) is 52.2 Å². The maximum atomic E-state index is 12.9. The third kappa shape index (κ3) is 3.53. The summed E-state index contributed by atoms with van der Waals surface area (Å²) in [5, 5.41) is 8.27. The molecule has 0 radical (unpaired) electrons. The summed E-state index contributed by atoms with van der Waals surface area (Å²) in [5.41, 5.74) is 0.869. The van der Waals surface area contributed by atoms with Crippen molar-refractivity contribution < 1.29 is 16.8 Å². The summed E-state index contributed by atoms with van der Waals surface area (Å²) in [4.78, 5) is 0.324. The Morgan fingerprint density at radius 2 is 1.30 bits per heavy atom. The standard InChI is InChI=1S/C15H24N6O4S2/c1-5-19-11-15(13(3)17-19)27(24,25)21-8-6-20(7-9-21)26(22,23)14-10-18(4)16-12(14)2/h10-11H,5-9H2,1-4H3. The van der Waals surface area contributed by atoms with Gasteiger partial charge in [0.05, 0.1) is 11.4 Å². The lowest BCUT2D eigenvalue weighted by molar-refractivity contribution is 0.272. The fraction of sp³-hybridized carbons (Fsp3) is 0.600. The average Bonchev–Trinajstić information content (AvgIpc) is 3.17. The van der Waals surface area contributed by atoms with E-state index in [2.05, 4.69) is 10.2 Å². The molecular formula is C15H24N6O4S2. The minimum Gasteiger partial charge on any atom is -0.274 e. The zero-order chi connectivity index (χ0) is 20.0. The van der Waals surface area contributed by atoms with Crippen LogP contribution < -0.4 is 0 Å². The number of hydrogen-bond acceptors (Lipinski definition) is 6. The number of piperazine rings is 1. The van der Waals surface area contributed by atoms with Gasteiger partial charge in [0.25, 0.3) is 0 Å². The Morgan fingerprint density at radius 1 is 0.852 bits per heavy atom. The fourth-order valence-electron chi connectivity index (χ4n) is 3.17. The molecule has 1 fully saturated rings. The molecule has 1 aliphatic heterocycles. The van der Waals surface area contributed by atoms with Crippen LogP contribution in [0, 0.1) is 13.8 Å². The first kappa shape index (κ1) is 20.0. The highest BCUT2D eigenvalue weighted by Gasteiger charge is 2.36. The van der Waals surface area contributed by atoms with Crippen molar-refractivity contribution in [1.82, 2.24) is 28.2 Å². The largest absolute Gasteiger partial charge is 0.274 e. The Hall–Kier alpha value is -1.76. The molecule has 10 nitrogen and oxygen atoms in total. The van der Waals surface area contributed by atoms with Crippen LogP contribution in [-0.2, 0) is 33.6 Å². The van der Waals surface area contributed by atoms with Crippen molar-refractivity contribution >= 4 is 20.0 Å². The predicted molar refractivity (Wildman–Crippen MR) is 98.1 cm³/mol. The summed E-state index contributed by atoms with van der Waals surface area (Å²) in [6.07, 6.45) is 2.99. The van der Waals surface area contributed by atoms with E-state index < -0.39 is 20.0 Å². The van der Waals surface area contributed by atoms with Crippen LogP contribution in [0.1, 0.15) is 18.3 Å². The number of aromatic nitrogens is 4. The molecular weight excluding hydrogens is 392 g/mol. The lowest BCUT2D eigenvalue weighted by Gasteiger charge is -2.32. The molecule has 2 aromatic rings. The predicted octanol–water partition coefficient (Wildman–Crippen LogP) is -0.0515. The topological polar surface area (TPSA) is 110 Å². The molecule has 1 saturated heterocycles. The second kappa shape index (κ2) is 7.00. The van der Waals surface area contributed by atoms with Crippen LogP contribution in [0.15, 0.2) is 22.2 Å². The van der Waals surface area contributed by atoms with Crippen LogP contribution in [0.4, 0.5) is 0 Å². The number of aryl methyl sites for hydroxylation is 4. The van der Waals surface area contributed by atoms with Gasteiger partial charge in [0.1, 0.15) is 9.79 Å². The first-order valence-electron chi connectivity index (χ1n) is 8.62. The zero-order valence-corrected chi connectivity index (χ0v) is 17.5. The Kier molecular flexibility index (Phi) is 5.18. The van der Waals surface area contributed by atoms with Crippen LogP contribution in [0.25, 0.3) is 0 Å². The molecule has 2 aromatic heterocycles. The molecule has 0 unspecified atom stereocenters. The Bertz CT molecular complexity index is 1050. The summed E-state index contributed by atoms with van der Waals surface area (Å²) in [7, 11) is -5.75. The SMILES string of the molecule is CCn1cc(S(=O)(=O)N2CCN(S(=O)(=O)c3cn(C)nc3C)CC2)c(C)n1. The van der Waals surface area contributed by atoms with E-state index in [4.69, 9.17) is 0 Å². The maximum absolute atomic E-state index is 12.9. The van der Waals surface area contributed by atoms with E-state index in [1.165, 1.54) is 25.7 Å². The van der Waals surface area contributed by atoms with E-state index in [0.29, 0.717) is 17.9 Å². The van der Waals surface area contributed by atoms with Crippen molar-refractivity contribution in [2.24, 2.45) is 7.05 Å². The molecule has 0 saturated carbocycles. The van der Waals surface area contributed by atoms with Crippen LogP contribution in [0.5, 0.6) is 0 Å². The highest BCUT2D eigenvalue weighted by atomic mass is 32.2. The van der Waals surface area contributed by atoms with Gasteiger partial charge in [-0.15, -0.1) is 0 Å². The van der Waals surface area contributed by atoms with Gasteiger partial charge in [-0.2, -0.15) is 18.8 Å². The van der Waals surface area contributed by atoms with Crippen LogP contribution in [0.3, 0.4) is 0 Å². The molecule has 0 N–H and O–H groups in total. The molecule has 0 amide bonds. The van der Waals surface area contributed by atoms with E-state index in [1.807, 2.05) is 6.92 Å². The fourth-order valence-corrected chi connectivity index (χ4v) is 6.39. The van der Waals surface area contributed by atoms with Crippen molar-refractivity contribution in [3.05, 3.63) is 23.8 Å². The van der Waals surface area contributed by atoms with E-state index in [9.17, 15) is 16.8 Å². The average molecular weight is 417 g/mol. The first-order chi connectivity index (χ1) is 12.6. The molecule has 0 bridgehead atoms. The van der Waals surface area contributed by atoms with Crippen LogP contribution in [0.2, 0.25) is 0 Å². The van der Waals surface area contributed by atoms with E-state index in [-0.39, 0.29) is 36.0 Å². The van der Waals surface area contributed by atoms with Crippen molar-refractivity contribution in [2.45, 2.75) is 37.1 Å². The van der Waals surface area contributed by atoms with Gasteiger partial charge >= 0.3 is 0 Å². The zero-order valence-electron chi connectivity index (χ0n) is 15.8. The van der Waals surface area contributed by atoms with Gasteiger partial charge in [0.2, 0.25) is 20.0 Å². The van der Waals surface area contributed by atoms with Gasteiger partial charge in [-0.25, -0.2) is 16.8 Å². The Morgan fingerprint density at radius 3 is 1.67 bits per heavy atom. The van der Waals surface area contributed by atoms with Gasteiger partial charge in [0.15, 0.2) is 0 Å². The molecule has 12 heteroatoms. The second-order valence-corrected chi connectivity index (χ2v) is 10.3. The third-order valence-corrected chi connectivity index (χ3v) is 8.63. The van der Waals surface area contributed by atoms with Crippen molar-refractivity contribution in [3.8, 4) is 0 Å². The molecule has 0 spiro atoms. The minimum atomic E-state index is -3.71. The highest BCUT2D eigenvalue weighted by Crippen LogP contribution is 2.24. The molecule has 150 valence electrons. The molecule has 27 heavy (non-hydrogen) atoms. The molecule has 0 atom stereocenters. The summed E-state index contributed by atoms with van der Waals surface area (Å²) in [6, 6.07) is 0. The molecule has 3 heterocycles. The van der Waals surface area contributed by atoms with Gasteiger partial charge in [-0.1, -0.05) is 0 Å². The molecule has 1 aliphatic rings. The maximum Gasteiger partial charge on any atom is 0.246 e. The highest BCUT2D eigenvalue weighted by molar-refractivity contribution is 7.89. The summed E-state index contributed by atoms with van der Waals surface area (Å²) >= 11 is 0. The van der Waals surface area contributed by atoms with Crippen molar-refractivity contribution in [1.29, 1.82) is 0 Å². The Labute approximate surface area is 159 Å². The number of hydrogen-bond donors (Lipinski definition) is 0. The van der Waals surface area contributed by atoms with Gasteiger partial charge in [-0.05, 0) is 20.8 Å². The number of nitrogens with zero attached hydrogens (tertiary/aromatic N) is 6. The van der Waals surface area contributed by atoms with Gasteiger partial charge in [-0.3, -0.25) is 9.36 Å². The smallest absolute Gasteiger partial charge is 0.246 e. The van der Waals surface area contributed by atoms with E-state index >= 15 is 0 Å². The minimum absolute atomic E-state index is 0.0941. The number of sulfonamides is 2. The Balaban J connectivity index is 1.78. The summed E-state index contributed by atoms with van der Waals surface area (Å²) in [5.74, 6) is 0. The lowest BCUT2D eigenvalue weighted by atomic mass is 10.4. The number of rotatable bonds is 5. The lowest BCUT2D eigenvalue weighted by Crippen LogP contribution is -2.50. The second-order valence-electron chi connectivity index (χ2n) is 6.50. The van der Waals surface area contributed by atoms with Crippen LogP contribution >= 0.6 is 0 Å². The first-order valence-corrected chi connectivity index (χ1v) is 11.5. The molecule has 0 aliphatic carbocycles.